The predicted molar refractivity (Wildman–Crippen MR) is 106 cm³/mol. The Kier molecular flexibility index (Phi) is 6.47. The van der Waals surface area contributed by atoms with Crippen molar-refractivity contribution in [3.05, 3.63) is 83.6 Å². The second kappa shape index (κ2) is 9.41. The molecule has 8 heteroatoms. The highest BCUT2D eigenvalue weighted by Crippen LogP contribution is 2.13. The second-order valence-corrected chi connectivity index (χ2v) is 6.08. The van der Waals surface area contributed by atoms with E-state index in [0.29, 0.717) is 35.6 Å². The number of carbonyl (C=O) groups is 2. The first kappa shape index (κ1) is 19.9. The van der Waals surface area contributed by atoms with E-state index in [2.05, 4.69) is 25.3 Å². The second-order valence-electron chi connectivity index (χ2n) is 6.08. The van der Waals surface area contributed by atoms with Crippen LogP contribution in [0.2, 0.25) is 0 Å². The fraction of sp³-hybridized carbons (Fsp3) is 0.143. The molecular formula is C21H19FN4O3. The van der Waals surface area contributed by atoms with Crippen molar-refractivity contribution < 1.29 is 18.7 Å². The molecule has 0 radical (unpaired) electrons. The van der Waals surface area contributed by atoms with Crippen molar-refractivity contribution >= 4 is 23.4 Å². The number of esters is 1. The summed E-state index contributed by atoms with van der Waals surface area (Å²) in [5.74, 6) is -0.669. The standard InChI is InChI=1S/C21H19FN4O3/c1-29-21(28)15-6-8-16(9-7-15)26-20(27)18-12-19(25-13-24-18)23-11-10-14-4-2-3-5-17(14)22/h2-9,12-13H,10-11H2,1H3,(H,26,27)(H,23,24,25). The Morgan fingerprint density at radius 2 is 1.83 bits per heavy atom. The van der Waals surface area contributed by atoms with Gasteiger partial charge in [-0.2, -0.15) is 0 Å². The van der Waals surface area contributed by atoms with Crippen molar-refractivity contribution in [1.82, 2.24) is 9.97 Å². The van der Waals surface area contributed by atoms with Gasteiger partial charge < -0.3 is 15.4 Å². The lowest BCUT2D eigenvalue weighted by molar-refractivity contribution is 0.0600. The van der Waals surface area contributed by atoms with Crippen molar-refractivity contribution in [2.75, 3.05) is 24.3 Å². The topological polar surface area (TPSA) is 93.2 Å². The molecule has 29 heavy (non-hydrogen) atoms. The van der Waals surface area contributed by atoms with E-state index >= 15 is 0 Å². The Labute approximate surface area is 167 Å². The molecule has 2 aromatic carbocycles. The number of nitrogens with zero attached hydrogens (tertiary/aromatic N) is 2. The third kappa shape index (κ3) is 5.35. The highest BCUT2D eigenvalue weighted by atomic mass is 19.1. The van der Waals surface area contributed by atoms with Gasteiger partial charge in [-0.15, -0.1) is 0 Å². The van der Waals surface area contributed by atoms with Crippen molar-refractivity contribution in [3.63, 3.8) is 0 Å². The van der Waals surface area contributed by atoms with Gasteiger partial charge in [-0.05, 0) is 42.3 Å². The molecule has 0 aliphatic heterocycles. The van der Waals surface area contributed by atoms with E-state index < -0.39 is 11.9 Å². The van der Waals surface area contributed by atoms with E-state index in [4.69, 9.17) is 0 Å². The van der Waals surface area contributed by atoms with E-state index in [0.717, 1.165) is 0 Å². The summed E-state index contributed by atoms with van der Waals surface area (Å²) < 4.78 is 18.3. The molecule has 0 unspecified atom stereocenters. The van der Waals surface area contributed by atoms with E-state index in [1.165, 1.54) is 25.6 Å². The fourth-order valence-electron chi connectivity index (χ4n) is 2.61. The average Bonchev–Trinajstić information content (AvgIpc) is 2.75. The van der Waals surface area contributed by atoms with Gasteiger partial charge >= 0.3 is 5.97 Å². The first-order chi connectivity index (χ1) is 14.1. The molecule has 0 aliphatic rings. The van der Waals surface area contributed by atoms with Crippen LogP contribution in [-0.4, -0.2) is 35.5 Å². The van der Waals surface area contributed by atoms with Crippen molar-refractivity contribution in [2.24, 2.45) is 0 Å². The van der Waals surface area contributed by atoms with Gasteiger partial charge in [-0.1, -0.05) is 18.2 Å². The summed E-state index contributed by atoms with van der Waals surface area (Å²) in [7, 11) is 1.30. The van der Waals surface area contributed by atoms with Crippen molar-refractivity contribution in [2.45, 2.75) is 6.42 Å². The minimum atomic E-state index is -0.454. The Hall–Kier alpha value is -3.81. The highest BCUT2D eigenvalue weighted by Gasteiger charge is 2.11. The van der Waals surface area contributed by atoms with Crippen LogP contribution in [-0.2, 0) is 11.2 Å². The highest BCUT2D eigenvalue weighted by molar-refractivity contribution is 6.03. The number of aromatic nitrogens is 2. The number of carbonyl (C=O) groups excluding carboxylic acids is 2. The first-order valence-corrected chi connectivity index (χ1v) is 8.86. The number of benzene rings is 2. The minimum absolute atomic E-state index is 0.172. The summed E-state index contributed by atoms with van der Waals surface area (Å²) in [4.78, 5) is 31.9. The molecule has 3 rings (SSSR count). The summed E-state index contributed by atoms with van der Waals surface area (Å²) in [5, 5.41) is 5.76. The Morgan fingerprint density at radius 1 is 1.07 bits per heavy atom. The Bertz CT molecular complexity index is 1010. The van der Waals surface area contributed by atoms with Gasteiger partial charge in [-0.3, -0.25) is 4.79 Å². The summed E-state index contributed by atoms with van der Waals surface area (Å²) in [6, 6.07) is 14.4. The van der Waals surface area contributed by atoms with E-state index in [9.17, 15) is 14.0 Å². The lowest BCUT2D eigenvalue weighted by Crippen LogP contribution is -2.15. The molecule has 0 spiro atoms. The maximum absolute atomic E-state index is 13.6. The molecule has 2 N–H and O–H groups in total. The molecule has 0 fully saturated rings. The third-order valence-corrected chi connectivity index (χ3v) is 4.12. The number of hydrogen-bond acceptors (Lipinski definition) is 6. The molecule has 0 atom stereocenters. The zero-order valence-corrected chi connectivity index (χ0v) is 15.7. The van der Waals surface area contributed by atoms with Gasteiger partial charge in [0.25, 0.3) is 5.91 Å². The van der Waals surface area contributed by atoms with Crippen LogP contribution in [0.15, 0.2) is 60.9 Å². The van der Waals surface area contributed by atoms with Crippen LogP contribution < -0.4 is 10.6 Å². The molecule has 0 saturated heterocycles. The molecule has 0 aliphatic carbocycles. The lowest BCUT2D eigenvalue weighted by Gasteiger charge is -2.08. The lowest BCUT2D eigenvalue weighted by atomic mass is 10.1. The molecule has 0 saturated carbocycles. The van der Waals surface area contributed by atoms with Crippen LogP contribution >= 0.6 is 0 Å². The summed E-state index contributed by atoms with van der Waals surface area (Å²) in [6.07, 6.45) is 1.76. The minimum Gasteiger partial charge on any atom is -0.465 e. The summed E-state index contributed by atoms with van der Waals surface area (Å²) >= 11 is 0. The largest absolute Gasteiger partial charge is 0.465 e. The SMILES string of the molecule is COC(=O)c1ccc(NC(=O)c2cc(NCCc3ccccc3F)ncn2)cc1. The van der Waals surface area contributed by atoms with Gasteiger partial charge in [0.15, 0.2) is 0 Å². The normalized spacial score (nSPS) is 10.3. The average molecular weight is 394 g/mol. The molecule has 7 nitrogen and oxygen atoms in total. The molecule has 1 aromatic heterocycles. The summed E-state index contributed by atoms with van der Waals surface area (Å²) in [6.45, 7) is 0.452. The third-order valence-electron chi connectivity index (χ3n) is 4.12. The van der Waals surface area contributed by atoms with Crippen LogP contribution in [0.5, 0.6) is 0 Å². The van der Waals surface area contributed by atoms with E-state index in [1.54, 1.807) is 42.5 Å². The Morgan fingerprint density at radius 3 is 2.55 bits per heavy atom. The number of anilines is 2. The number of halogens is 1. The smallest absolute Gasteiger partial charge is 0.337 e. The fourth-order valence-corrected chi connectivity index (χ4v) is 2.61. The van der Waals surface area contributed by atoms with E-state index in [1.807, 2.05) is 0 Å². The first-order valence-electron chi connectivity index (χ1n) is 8.86. The molecule has 1 amide bonds. The van der Waals surface area contributed by atoms with Crippen molar-refractivity contribution in [3.8, 4) is 0 Å². The van der Waals surface area contributed by atoms with Gasteiger partial charge in [-0.25, -0.2) is 19.2 Å². The van der Waals surface area contributed by atoms with Crippen LogP contribution in [0.25, 0.3) is 0 Å². The maximum atomic E-state index is 13.6. The van der Waals surface area contributed by atoms with Crippen molar-refractivity contribution in [1.29, 1.82) is 0 Å². The molecule has 3 aromatic rings. The van der Waals surface area contributed by atoms with E-state index in [-0.39, 0.29) is 11.5 Å². The number of rotatable bonds is 7. The van der Waals surface area contributed by atoms with Gasteiger partial charge in [0.05, 0.1) is 12.7 Å². The number of amides is 1. The molecule has 0 bridgehead atoms. The van der Waals surface area contributed by atoms with Crippen LogP contribution in [0.1, 0.15) is 26.4 Å². The van der Waals surface area contributed by atoms with Crippen LogP contribution in [0.4, 0.5) is 15.9 Å². The quantitative estimate of drug-likeness (QED) is 0.597. The zero-order chi connectivity index (χ0) is 20.6. The number of methoxy groups -OCH3 is 1. The number of hydrogen-bond donors (Lipinski definition) is 2. The molecular weight excluding hydrogens is 375 g/mol. The molecule has 148 valence electrons. The number of nitrogens with one attached hydrogen (secondary N) is 2. The van der Waals surface area contributed by atoms with Crippen LogP contribution in [0, 0.1) is 5.82 Å². The Balaban J connectivity index is 1.59. The van der Waals surface area contributed by atoms with Gasteiger partial charge in [0.1, 0.15) is 23.7 Å². The zero-order valence-electron chi connectivity index (χ0n) is 15.7. The van der Waals surface area contributed by atoms with Gasteiger partial charge in [0.2, 0.25) is 0 Å². The monoisotopic (exact) mass is 394 g/mol. The number of ether oxygens (including phenoxy) is 1. The van der Waals surface area contributed by atoms with Crippen LogP contribution in [0.3, 0.4) is 0 Å². The molecule has 1 heterocycles. The maximum Gasteiger partial charge on any atom is 0.337 e. The van der Waals surface area contributed by atoms with Gasteiger partial charge in [0, 0.05) is 18.3 Å². The summed E-state index contributed by atoms with van der Waals surface area (Å²) in [5.41, 5.74) is 1.66. The predicted octanol–water partition coefficient (Wildman–Crippen LogP) is 3.31.